The fraction of sp³-hybridized carbons (Fsp3) is 0.333. The van der Waals surface area contributed by atoms with Crippen LogP contribution in [-0.4, -0.2) is 29.3 Å². The zero-order valence-corrected chi connectivity index (χ0v) is 15.4. The van der Waals surface area contributed by atoms with Crippen molar-refractivity contribution in [3.8, 4) is 0 Å². The van der Waals surface area contributed by atoms with Gasteiger partial charge in [0, 0.05) is 41.5 Å². The van der Waals surface area contributed by atoms with Crippen molar-refractivity contribution in [2.24, 2.45) is 0 Å². The van der Waals surface area contributed by atoms with E-state index in [1.165, 1.54) is 11.3 Å². The molecule has 0 bridgehead atoms. The van der Waals surface area contributed by atoms with Gasteiger partial charge in [0.15, 0.2) is 0 Å². The zero-order chi connectivity index (χ0) is 17.5. The van der Waals surface area contributed by atoms with Gasteiger partial charge in [0.2, 0.25) is 5.91 Å². The number of carbonyl (C=O) groups excluding carboxylic acids is 2. The predicted octanol–water partition coefficient (Wildman–Crippen LogP) is 3.96. The summed E-state index contributed by atoms with van der Waals surface area (Å²) < 4.78 is 0. The fourth-order valence-electron chi connectivity index (χ4n) is 2.31. The number of carbonyl (C=O) groups is 2. The van der Waals surface area contributed by atoms with Crippen molar-refractivity contribution in [1.29, 1.82) is 0 Å². The van der Waals surface area contributed by atoms with Gasteiger partial charge in [-0.1, -0.05) is 23.7 Å². The molecule has 2 amide bonds. The lowest BCUT2D eigenvalue weighted by Crippen LogP contribution is -2.38. The molecule has 128 valence electrons. The Morgan fingerprint density at radius 2 is 2.08 bits per heavy atom. The fourth-order valence-corrected chi connectivity index (χ4v) is 3.16. The van der Waals surface area contributed by atoms with Crippen molar-refractivity contribution >= 4 is 34.8 Å². The van der Waals surface area contributed by atoms with Crippen molar-refractivity contribution in [3.05, 3.63) is 57.2 Å². The summed E-state index contributed by atoms with van der Waals surface area (Å²) >= 11 is 7.48. The maximum absolute atomic E-state index is 12.5. The highest BCUT2D eigenvalue weighted by Crippen LogP contribution is 2.15. The van der Waals surface area contributed by atoms with E-state index in [1.54, 1.807) is 16.3 Å². The minimum atomic E-state index is -0.144. The molecule has 0 radical (unpaired) electrons. The summed E-state index contributed by atoms with van der Waals surface area (Å²) in [5, 5.41) is 7.08. The first-order chi connectivity index (χ1) is 11.5. The Bertz CT molecular complexity index is 686. The largest absolute Gasteiger partial charge is 0.351 e. The Morgan fingerprint density at radius 3 is 2.71 bits per heavy atom. The summed E-state index contributed by atoms with van der Waals surface area (Å²) in [5.41, 5.74) is 1.62. The molecule has 0 aliphatic heterocycles. The average molecular weight is 365 g/mol. The van der Waals surface area contributed by atoms with Crippen LogP contribution in [-0.2, 0) is 11.3 Å². The second-order valence-electron chi connectivity index (χ2n) is 5.76. The Hall–Kier alpha value is -1.85. The van der Waals surface area contributed by atoms with E-state index < -0.39 is 0 Å². The summed E-state index contributed by atoms with van der Waals surface area (Å²) in [7, 11) is 0. The number of hydrogen-bond acceptors (Lipinski definition) is 3. The summed E-state index contributed by atoms with van der Waals surface area (Å²) in [6.07, 6.45) is 0.272. The van der Waals surface area contributed by atoms with Crippen LogP contribution in [0, 0.1) is 0 Å². The topological polar surface area (TPSA) is 49.4 Å². The first kappa shape index (κ1) is 18.5. The average Bonchev–Trinajstić information content (AvgIpc) is 3.06. The van der Waals surface area contributed by atoms with E-state index in [0.717, 1.165) is 5.56 Å². The van der Waals surface area contributed by atoms with Gasteiger partial charge in [-0.05, 0) is 43.0 Å². The Labute approximate surface area is 151 Å². The molecule has 0 spiro atoms. The molecule has 4 nitrogen and oxygen atoms in total. The minimum Gasteiger partial charge on any atom is -0.351 e. The van der Waals surface area contributed by atoms with Crippen LogP contribution in [0.3, 0.4) is 0 Å². The van der Waals surface area contributed by atoms with Crippen molar-refractivity contribution in [1.82, 2.24) is 10.2 Å². The highest BCUT2D eigenvalue weighted by Gasteiger charge is 2.17. The molecule has 1 aromatic heterocycles. The normalized spacial score (nSPS) is 10.7. The molecule has 1 N–H and O–H groups in total. The van der Waals surface area contributed by atoms with E-state index in [0.29, 0.717) is 23.7 Å². The first-order valence-corrected chi connectivity index (χ1v) is 9.13. The second kappa shape index (κ2) is 8.85. The third kappa shape index (κ3) is 5.35. The molecule has 0 atom stereocenters. The van der Waals surface area contributed by atoms with Crippen LogP contribution >= 0.6 is 22.9 Å². The van der Waals surface area contributed by atoms with Crippen LogP contribution in [0.2, 0.25) is 5.02 Å². The van der Waals surface area contributed by atoms with Crippen LogP contribution in [0.15, 0.2) is 41.1 Å². The van der Waals surface area contributed by atoms with Gasteiger partial charge < -0.3 is 10.2 Å². The van der Waals surface area contributed by atoms with E-state index >= 15 is 0 Å². The molecule has 0 saturated heterocycles. The number of thiophene rings is 1. The maximum Gasteiger partial charge on any atom is 0.252 e. The quantitative estimate of drug-likeness (QED) is 0.808. The molecular formula is C18H21ClN2O2S. The second-order valence-corrected chi connectivity index (χ2v) is 6.98. The van der Waals surface area contributed by atoms with Crippen molar-refractivity contribution in [2.45, 2.75) is 32.9 Å². The zero-order valence-electron chi connectivity index (χ0n) is 13.8. The smallest absolute Gasteiger partial charge is 0.252 e. The molecule has 0 fully saturated rings. The number of nitrogens with one attached hydrogen (secondary N) is 1. The summed E-state index contributed by atoms with van der Waals surface area (Å²) in [4.78, 5) is 26.2. The number of rotatable bonds is 7. The lowest BCUT2D eigenvalue weighted by Gasteiger charge is -2.27. The van der Waals surface area contributed by atoms with Crippen LogP contribution in [0.5, 0.6) is 0 Å². The molecule has 0 saturated carbocycles. The van der Waals surface area contributed by atoms with E-state index in [4.69, 9.17) is 11.6 Å². The highest BCUT2D eigenvalue weighted by atomic mass is 35.5. The van der Waals surface area contributed by atoms with Crippen molar-refractivity contribution in [3.63, 3.8) is 0 Å². The Kier molecular flexibility index (Phi) is 6.82. The third-order valence-corrected chi connectivity index (χ3v) is 4.51. The number of halogens is 1. The number of amides is 2. The van der Waals surface area contributed by atoms with Crippen molar-refractivity contribution in [2.75, 3.05) is 6.54 Å². The van der Waals surface area contributed by atoms with Crippen molar-refractivity contribution < 1.29 is 9.59 Å². The lowest BCUT2D eigenvalue weighted by molar-refractivity contribution is -0.133. The molecule has 0 unspecified atom stereocenters. The molecule has 2 aromatic rings. The van der Waals surface area contributed by atoms with Gasteiger partial charge in [0.05, 0.1) is 0 Å². The van der Waals surface area contributed by atoms with Crippen LogP contribution < -0.4 is 5.32 Å². The van der Waals surface area contributed by atoms with Gasteiger partial charge in [-0.15, -0.1) is 0 Å². The predicted molar refractivity (Wildman–Crippen MR) is 98.4 cm³/mol. The summed E-state index contributed by atoms with van der Waals surface area (Å²) in [6.45, 7) is 4.79. The lowest BCUT2D eigenvalue weighted by atomic mass is 10.1. The van der Waals surface area contributed by atoms with Crippen LogP contribution in [0.25, 0.3) is 0 Å². The monoisotopic (exact) mass is 364 g/mol. The van der Waals surface area contributed by atoms with E-state index in [-0.39, 0.29) is 24.3 Å². The molecule has 2 rings (SSSR count). The van der Waals surface area contributed by atoms with Gasteiger partial charge in [0.1, 0.15) is 0 Å². The number of hydrogen-bond donors (Lipinski definition) is 1. The SMILES string of the molecule is CC(C)N(Cc1cccc(Cl)c1)C(=O)CCNC(=O)c1ccsc1. The van der Waals surface area contributed by atoms with Gasteiger partial charge >= 0.3 is 0 Å². The van der Waals surface area contributed by atoms with Gasteiger partial charge in [-0.25, -0.2) is 0 Å². The molecular weight excluding hydrogens is 344 g/mol. The molecule has 6 heteroatoms. The molecule has 1 aromatic carbocycles. The maximum atomic E-state index is 12.5. The summed E-state index contributed by atoms with van der Waals surface area (Å²) in [6, 6.07) is 9.34. The molecule has 0 aliphatic rings. The van der Waals surface area contributed by atoms with Crippen LogP contribution in [0.4, 0.5) is 0 Å². The molecule has 1 heterocycles. The Morgan fingerprint density at radius 1 is 1.29 bits per heavy atom. The highest BCUT2D eigenvalue weighted by molar-refractivity contribution is 7.08. The summed E-state index contributed by atoms with van der Waals surface area (Å²) in [5.74, 6) is -0.134. The van der Waals surface area contributed by atoms with Gasteiger partial charge in [0.25, 0.3) is 5.91 Å². The Balaban J connectivity index is 1.88. The number of nitrogens with zero attached hydrogens (tertiary/aromatic N) is 1. The third-order valence-electron chi connectivity index (χ3n) is 3.59. The van der Waals surface area contributed by atoms with Crippen LogP contribution in [0.1, 0.15) is 36.2 Å². The van der Waals surface area contributed by atoms with Gasteiger partial charge in [-0.3, -0.25) is 9.59 Å². The number of benzene rings is 1. The van der Waals surface area contributed by atoms with E-state index in [2.05, 4.69) is 5.32 Å². The first-order valence-electron chi connectivity index (χ1n) is 7.81. The van der Waals surface area contributed by atoms with Gasteiger partial charge in [-0.2, -0.15) is 11.3 Å². The molecule has 24 heavy (non-hydrogen) atoms. The molecule has 0 aliphatic carbocycles. The van der Waals surface area contributed by atoms with E-state index in [9.17, 15) is 9.59 Å². The standard InChI is InChI=1S/C18H21ClN2O2S/c1-13(2)21(11-14-4-3-5-16(19)10-14)17(22)6-8-20-18(23)15-7-9-24-12-15/h3-5,7,9-10,12-13H,6,8,11H2,1-2H3,(H,20,23). The minimum absolute atomic E-state index is 0.00981. The van der Waals surface area contributed by atoms with E-state index in [1.807, 2.05) is 43.5 Å².